The maximum atomic E-state index is 5.45. The second kappa shape index (κ2) is 7.49. The minimum absolute atomic E-state index is 0.00836. The number of nitrogens with one attached hydrogen (secondary N) is 2. The van der Waals surface area contributed by atoms with Crippen LogP contribution in [0.15, 0.2) is 29.3 Å². The van der Waals surface area contributed by atoms with E-state index < -0.39 is 0 Å². The Balaban J connectivity index is 2.03. The molecule has 22 heavy (non-hydrogen) atoms. The van der Waals surface area contributed by atoms with Crippen LogP contribution in [0.4, 0.5) is 5.69 Å². The molecule has 2 rings (SSSR count). The Hall–Kier alpha value is -1.75. The van der Waals surface area contributed by atoms with Crippen LogP contribution in [0.1, 0.15) is 26.3 Å². The van der Waals surface area contributed by atoms with E-state index in [9.17, 15) is 0 Å². The summed E-state index contributed by atoms with van der Waals surface area (Å²) in [6.45, 7) is 10.6. The highest BCUT2D eigenvalue weighted by molar-refractivity contribution is 5.80. The number of anilines is 1. The van der Waals surface area contributed by atoms with E-state index >= 15 is 0 Å². The minimum Gasteiger partial charge on any atom is -0.378 e. The third-order valence-electron chi connectivity index (χ3n) is 3.51. The summed E-state index contributed by atoms with van der Waals surface area (Å²) in [4.78, 5) is 6.68. The van der Waals surface area contributed by atoms with Gasteiger partial charge in [0, 0.05) is 37.9 Å². The van der Waals surface area contributed by atoms with E-state index in [-0.39, 0.29) is 5.54 Å². The fourth-order valence-corrected chi connectivity index (χ4v) is 2.49. The van der Waals surface area contributed by atoms with Crippen LogP contribution in [0.2, 0.25) is 0 Å². The molecule has 1 aromatic rings. The average molecular weight is 304 g/mol. The lowest BCUT2D eigenvalue weighted by Gasteiger charge is -2.31. The van der Waals surface area contributed by atoms with Crippen molar-refractivity contribution in [2.75, 3.05) is 38.3 Å². The summed E-state index contributed by atoms with van der Waals surface area (Å²) in [7, 11) is 1.80. The van der Waals surface area contributed by atoms with Gasteiger partial charge in [0.05, 0.1) is 13.2 Å². The highest BCUT2D eigenvalue weighted by Gasteiger charge is 2.15. The van der Waals surface area contributed by atoms with Crippen LogP contribution < -0.4 is 15.5 Å². The molecule has 5 nitrogen and oxygen atoms in total. The van der Waals surface area contributed by atoms with Crippen molar-refractivity contribution in [3.05, 3.63) is 29.8 Å². The van der Waals surface area contributed by atoms with Gasteiger partial charge < -0.3 is 20.3 Å². The molecule has 0 aromatic heterocycles. The fourth-order valence-electron chi connectivity index (χ4n) is 2.49. The lowest BCUT2D eigenvalue weighted by atomic mass is 10.1. The summed E-state index contributed by atoms with van der Waals surface area (Å²) < 4.78 is 5.45. The van der Waals surface area contributed by atoms with Crippen molar-refractivity contribution in [1.29, 1.82) is 0 Å². The Kier molecular flexibility index (Phi) is 5.66. The van der Waals surface area contributed by atoms with Crippen LogP contribution in [0, 0.1) is 0 Å². The Bertz CT molecular complexity index is 502. The van der Waals surface area contributed by atoms with Gasteiger partial charge in [0.2, 0.25) is 0 Å². The first-order valence-corrected chi connectivity index (χ1v) is 7.89. The first-order chi connectivity index (χ1) is 10.5. The van der Waals surface area contributed by atoms with Gasteiger partial charge in [-0.25, -0.2) is 0 Å². The first-order valence-electron chi connectivity index (χ1n) is 7.89. The number of guanidine groups is 1. The standard InChI is InChI=1S/C17H28N4O/c1-17(2,3)20-16(18-4)19-13-14-7-5-6-8-15(14)21-9-11-22-12-10-21/h5-8H,9-13H2,1-4H3,(H2,18,19,20). The molecule has 1 aliphatic rings. The maximum absolute atomic E-state index is 5.45. The van der Waals surface area contributed by atoms with E-state index in [2.05, 4.69) is 65.6 Å². The molecule has 0 aliphatic carbocycles. The van der Waals surface area contributed by atoms with E-state index in [1.807, 2.05) is 0 Å². The van der Waals surface area contributed by atoms with Gasteiger partial charge in [0.15, 0.2) is 5.96 Å². The van der Waals surface area contributed by atoms with Crippen molar-refractivity contribution in [2.24, 2.45) is 4.99 Å². The number of hydrogen-bond acceptors (Lipinski definition) is 3. The van der Waals surface area contributed by atoms with Crippen LogP contribution >= 0.6 is 0 Å². The Labute approximate surface area is 133 Å². The molecule has 0 amide bonds. The molecule has 0 spiro atoms. The van der Waals surface area contributed by atoms with Crippen molar-refractivity contribution in [3.63, 3.8) is 0 Å². The Morgan fingerprint density at radius 2 is 1.91 bits per heavy atom. The summed E-state index contributed by atoms with van der Waals surface area (Å²) in [6, 6.07) is 8.53. The number of ether oxygens (including phenoxy) is 1. The zero-order valence-corrected chi connectivity index (χ0v) is 14.1. The number of hydrogen-bond donors (Lipinski definition) is 2. The predicted octanol–water partition coefficient (Wildman–Crippen LogP) is 1.99. The number of benzene rings is 1. The van der Waals surface area contributed by atoms with Crippen LogP contribution in [0.5, 0.6) is 0 Å². The van der Waals surface area contributed by atoms with E-state index in [1.165, 1.54) is 11.3 Å². The second-order valence-corrected chi connectivity index (χ2v) is 6.53. The van der Waals surface area contributed by atoms with Crippen LogP contribution in [-0.4, -0.2) is 44.8 Å². The van der Waals surface area contributed by atoms with Crippen molar-refractivity contribution in [1.82, 2.24) is 10.6 Å². The van der Waals surface area contributed by atoms with Gasteiger partial charge in [-0.3, -0.25) is 4.99 Å². The summed E-state index contributed by atoms with van der Waals surface area (Å²) in [5.74, 6) is 0.823. The molecule has 1 heterocycles. The van der Waals surface area contributed by atoms with Gasteiger partial charge in [-0.2, -0.15) is 0 Å². The average Bonchev–Trinajstić information content (AvgIpc) is 2.51. The van der Waals surface area contributed by atoms with Gasteiger partial charge in [0.25, 0.3) is 0 Å². The molecule has 1 aromatic carbocycles. The minimum atomic E-state index is -0.00836. The SMILES string of the molecule is CN=C(NCc1ccccc1N1CCOCC1)NC(C)(C)C. The normalized spacial score (nSPS) is 16.5. The summed E-state index contributed by atoms with van der Waals surface area (Å²) >= 11 is 0. The van der Waals surface area contributed by atoms with E-state index in [1.54, 1.807) is 7.05 Å². The maximum Gasteiger partial charge on any atom is 0.191 e. The van der Waals surface area contributed by atoms with Gasteiger partial charge in [-0.05, 0) is 32.4 Å². The summed E-state index contributed by atoms with van der Waals surface area (Å²) in [5, 5.41) is 6.78. The molecule has 1 aliphatic heterocycles. The smallest absolute Gasteiger partial charge is 0.191 e. The van der Waals surface area contributed by atoms with Crippen LogP contribution in [-0.2, 0) is 11.3 Å². The molecule has 0 bridgehead atoms. The van der Waals surface area contributed by atoms with Crippen molar-refractivity contribution < 1.29 is 4.74 Å². The molecule has 0 unspecified atom stereocenters. The Morgan fingerprint density at radius 3 is 2.55 bits per heavy atom. The zero-order valence-electron chi connectivity index (χ0n) is 14.1. The predicted molar refractivity (Wildman–Crippen MR) is 92.6 cm³/mol. The number of aliphatic imine (C=N–C) groups is 1. The topological polar surface area (TPSA) is 48.9 Å². The van der Waals surface area contributed by atoms with E-state index in [4.69, 9.17) is 4.74 Å². The molecule has 0 radical (unpaired) electrons. The molecule has 0 atom stereocenters. The van der Waals surface area contributed by atoms with Gasteiger partial charge >= 0.3 is 0 Å². The molecule has 1 saturated heterocycles. The van der Waals surface area contributed by atoms with E-state index in [0.29, 0.717) is 0 Å². The molecular formula is C17H28N4O. The first kappa shape index (κ1) is 16.6. The highest BCUT2D eigenvalue weighted by Crippen LogP contribution is 2.21. The Morgan fingerprint density at radius 1 is 1.23 bits per heavy atom. The number of para-hydroxylation sites is 1. The molecule has 5 heteroatoms. The zero-order chi connectivity index (χ0) is 16.0. The third kappa shape index (κ3) is 4.91. The van der Waals surface area contributed by atoms with Crippen molar-refractivity contribution in [2.45, 2.75) is 32.9 Å². The third-order valence-corrected chi connectivity index (χ3v) is 3.51. The molecule has 122 valence electrons. The molecular weight excluding hydrogens is 276 g/mol. The monoisotopic (exact) mass is 304 g/mol. The number of rotatable bonds is 3. The second-order valence-electron chi connectivity index (χ2n) is 6.53. The number of nitrogens with zero attached hydrogens (tertiary/aromatic N) is 2. The highest BCUT2D eigenvalue weighted by atomic mass is 16.5. The molecule has 0 saturated carbocycles. The van der Waals surface area contributed by atoms with Gasteiger partial charge in [0.1, 0.15) is 0 Å². The molecule has 1 fully saturated rings. The van der Waals surface area contributed by atoms with Crippen LogP contribution in [0.3, 0.4) is 0 Å². The summed E-state index contributed by atoms with van der Waals surface area (Å²) in [6.07, 6.45) is 0. The van der Waals surface area contributed by atoms with Gasteiger partial charge in [-0.15, -0.1) is 0 Å². The van der Waals surface area contributed by atoms with E-state index in [0.717, 1.165) is 38.8 Å². The fraction of sp³-hybridized carbons (Fsp3) is 0.588. The van der Waals surface area contributed by atoms with Gasteiger partial charge in [-0.1, -0.05) is 18.2 Å². The van der Waals surface area contributed by atoms with Crippen molar-refractivity contribution in [3.8, 4) is 0 Å². The van der Waals surface area contributed by atoms with Crippen LogP contribution in [0.25, 0.3) is 0 Å². The van der Waals surface area contributed by atoms with Crippen molar-refractivity contribution >= 4 is 11.6 Å². The lowest BCUT2D eigenvalue weighted by molar-refractivity contribution is 0.122. The quantitative estimate of drug-likeness (QED) is 0.662. The molecule has 2 N–H and O–H groups in total. The summed E-state index contributed by atoms with van der Waals surface area (Å²) in [5.41, 5.74) is 2.55. The largest absolute Gasteiger partial charge is 0.378 e. The number of morpholine rings is 1. The lowest BCUT2D eigenvalue weighted by Crippen LogP contribution is -2.47.